The van der Waals surface area contributed by atoms with E-state index in [4.69, 9.17) is 11.6 Å². The van der Waals surface area contributed by atoms with Gasteiger partial charge in [0.2, 0.25) is 0 Å². The van der Waals surface area contributed by atoms with Crippen LogP contribution in [0.5, 0.6) is 0 Å². The minimum absolute atomic E-state index is 0.243. The number of carbonyl (C=O) groups is 1. The molecule has 0 bridgehead atoms. The third-order valence-electron chi connectivity index (χ3n) is 3.32. The molecule has 0 N–H and O–H groups in total. The maximum absolute atomic E-state index is 12.0. The Morgan fingerprint density at radius 2 is 2.00 bits per heavy atom. The van der Waals surface area contributed by atoms with Crippen LogP contribution in [-0.4, -0.2) is 5.78 Å². The summed E-state index contributed by atoms with van der Waals surface area (Å²) in [6.07, 6.45) is 8.38. The zero-order chi connectivity index (χ0) is 11.4. The van der Waals surface area contributed by atoms with Crippen LogP contribution in [0.1, 0.15) is 54.6 Å². The molecular formula is C13H17ClOS. The van der Waals surface area contributed by atoms with Gasteiger partial charge in [0.05, 0.1) is 9.90 Å². The molecule has 0 saturated heterocycles. The number of hydrogen-bond donors (Lipinski definition) is 0. The van der Waals surface area contributed by atoms with Gasteiger partial charge < -0.3 is 0 Å². The highest BCUT2D eigenvalue weighted by molar-refractivity contribution is 7.12. The smallest absolute Gasteiger partial charge is 0.174 e. The highest BCUT2D eigenvalue weighted by Crippen LogP contribution is 2.29. The molecule has 1 fully saturated rings. The molecule has 1 saturated carbocycles. The Bertz CT molecular complexity index is 351. The Hall–Kier alpha value is -0.340. The predicted octanol–water partition coefficient (Wildman–Crippen LogP) is 4.94. The molecule has 0 radical (unpaired) electrons. The van der Waals surface area contributed by atoms with Crippen LogP contribution in [0.25, 0.3) is 0 Å². The van der Waals surface area contributed by atoms with Gasteiger partial charge in [0.1, 0.15) is 0 Å². The first kappa shape index (κ1) is 12.1. The molecule has 2 rings (SSSR count). The predicted molar refractivity (Wildman–Crippen MR) is 69.5 cm³/mol. The molecule has 0 aliphatic heterocycles. The van der Waals surface area contributed by atoms with Crippen molar-refractivity contribution in [1.82, 2.24) is 0 Å². The van der Waals surface area contributed by atoms with E-state index >= 15 is 0 Å². The molecule has 1 aliphatic rings. The standard InChI is InChI=1S/C13H17ClOS/c14-11-7-8-16-13(11)12(15)9-10-5-3-1-2-4-6-10/h7-8,10H,1-6,9H2. The van der Waals surface area contributed by atoms with E-state index in [9.17, 15) is 4.79 Å². The van der Waals surface area contributed by atoms with E-state index in [2.05, 4.69) is 0 Å². The fraction of sp³-hybridized carbons (Fsp3) is 0.615. The molecule has 0 spiro atoms. The van der Waals surface area contributed by atoms with Crippen LogP contribution >= 0.6 is 22.9 Å². The van der Waals surface area contributed by atoms with Gasteiger partial charge >= 0.3 is 0 Å². The normalized spacial score (nSPS) is 18.3. The molecule has 16 heavy (non-hydrogen) atoms. The van der Waals surface area contributed by atoms with Crippen LogP contribution in [0.15, 0.2) is 11.4 Å². The number of carbonyl (C=O) groups excluding carboxylic acids is 1. The minimum atomic E-state index is 0.243. The van der Waals surface area contributed by atoms with E-state index in [1.807, 2.05) is 11.4 Å². The molecule has 0 aromatic carbocycles. The fourth-order valence-electron chi connectivity index (χ4n) is 2.42. The van der Waals surface area contributed by atoms with Crippen LogP contribution < -0.4 is 0 Å². The summed E-state index contributed by atoms with van der Waals surface area (Å²) in [4.78, 5) is 12.8. The Morgan fingerprint density at radius 1 is 1.31 bits per heavy atom. The first-order chi connectivity index (χ1) is 7.77. The quantitative estimate of drug-likeness (QED) is 0.553. The maximum Gasteiger partial charge on any atom is 0.174 e. The lowest BCUT2D eigenvalue weighted by molar-refractivity contribution is 0.0961. The van der Waals surface area contributed by atoms with E-state index in [0.717, 1.165) is 4.88 Å². The molecule has 0 amide bonds. The summed E-state index contributed by atoms with van der Waals surface area (Å²) in [6.45, 7) is 0. The zero-order valence-corrected chi connectivity index (χ0v) is 10.9. The Balaban J connectivity index is 1.93. The topological polar surface area (TPSA) is 17.1 Å². The lowest BCUT2D eigenvalue weighted by atomic mass is 9.94. The average Bonchev–Trinajstić information content (AvgIpc) is 2.53. The largest absolute Gasteiger partial charge is 0.293 e. The van der Waals surface area contributed by atoms with Crippen molar-refractivity contribution in [2.75, 3.05) is 0 Å². The average molecular weight is 257 g/mol. The molecule has 1 aliphatic carbocycles. The molecular weight excluding hydrogens is 240 g/mol. The molecule has 88 valence electrons. The van der Waals surface area contributed by atoms with Gasteiger partial charge in [0.15, 0.2) is 5.78 Å². The van der Waals surface area contributed by atoms with E-state index in [1.165, 1.54) is 49.9 Å². The Labute approximate surface area is 106 Å². The van der Waals surface area contributed by atoms with Crippen LogP contribution in [-0.2, 0) is 0 Å². The summed E-state index contributed by atoms with van der Waals surface area (Å²) in [6, 6.07) is 1.81. The maximum atomic E-state index is 12.0. The highest BCUT2D eigenvalue weighted by atomic mass is 35.5. The van der Waals surface area contributed by atoms with Gasteiger partial charge in [-0.2, -0.15) is 0 Å². The summed E-state index contributed by atoms with van der Waals surface area (Å²) in [5.41, 5.74) is 0. The molecule has 0 atom stereocenters. The van der Waals surface area contributed by atoms with Crippen LogP contribution in [0.3, 0.4) is 0 Å². The van der Waals surface area contributed by atoms with Gasteiger partial charge in [0.25, 0.3) is 0 Å². The number of halogens is 1. The van der Waals surface area contributed by atoms with Crippen molar-refractivity contribution in [3.05, 3.63) is 21.3 Å². The van der Waals surface area contributed by atoms with Crippen LogP contribution in [0.2, 0.25) is 5.02 Å². The van der Waals surface area contributed by atoms with Gasteiger partial charge in [-0.1, -0.05) is 50.1 Å². The zero-order valence-electron chi connectivity index (χ0n) is 9.38. The summed E-state index contributed by atoms with van der Waals surface area (Å²) in [5, 5.41) is 2.52. The summed E-state index contributed by atoms with van der Waals surface area (Å²) < 4.78 is 0. The second-order valence-electron chi connectivity index (χ2n) is 4.58. The van der Waals surface area contributed by atoms with Crippen molar-refractivity contribution in [1.29, 1.82) is 0 Å². The minimum Gasteiger partial charge on any atom is -0.293 e. The van der Waals surface area contributed by atoms with E-state index in [1.54, 1.807) is 0 Å². The first-order valence-electron chi connectivity index (χ1n) is 6.03. The molecule has 1 aromatic rings. The number of ketones is 1. The monoisotopic (exact) mass is 256 g/mol. The third kappa shape index (κ3) is 3.08. The van der Waals surface area contributed by atoms with Gasteiger partial charge in [-0.15, -0.1) is 11.3 Å². The summed E-state index contributed by atoms with van der Waals surface area (Å²) in [7, 11) is 0. The number of thiophene rings is 1. The second kappa shape index (κ2) is 5.83. The second-order valence-corrected chi connectivity index (χ2v) is 5.91. The SMILES string of the molecule is O=C(CC1CCCCCC1)c1sccc1Cl. The fourth-order valence-corrected chi connectivity index (χ4v) is 3.53. The van der Waals surface area contributed by atoms with Gasteiger partial charge in [-0.05, 0) is 17.4 Å². The van der Waals surface area contributed by atoms with Crippen molar-refractivity contribution in [2.45, 2.75) is 44.9 Å². The van der Waals surface area contributed by atoms with Crippen molar-refractivity contribution < 1.29 is 4.79 Å². The number of rotatable bonds is 3. The van der Waals surface area contributed by atoms with Crippen LogP contribution in [0.4, 0.5) is 0 Å². The Morgan fingerprint density at radius 3 is 2.56 bits per heavy atom. The lowest BCUT2D eigenvalue weighted by Crippen LogP contribution is -2.07. The number of hydrogen-bond acceptors (Lipinski definition) is 2. The van der Waals surface area contributed by atoms with Crippen LogP contribution in [0, 0.1) is 5.92 Å². The van der Waals surface area contributed by atoms with Crippen molar-refractivity contribution in [3.63, 3.8) is 0 Å². The van der Waals surface area contributed by atoms with E-state index in [0.29, 0.717) is 17.4 Å². The summed E-state index contributed by atoms with van der Waals surface area (Å²) >= 11 is 7.44. The van der Waals surface area contributed by atoms with E-state index in [-0.39, 0.29) is 5.78 Å². The molecule has 1 heterocycles. The molecule has 1 aromatic heterocycles. The molecule has 1 nitrogen and oxygen atoms in total. The van der Waals surface area contributed by atoms with E-state index < -0.39 is 0 Å². The number of Topliss-reactive ketones (excluding diaryl/α,β-unsaturated/α-hetero) is 1. The van der Waals surface area contributed by atoms with Gasteiger partial charge in [-0.25, -0.2) is 0 Å². The highest BCUT2D eigenvalue weighted by Gasteiger charge is 2.19. The van der Waals surface area contributed by atoms with Crippen molar-refractivity contribution >= 4 is 28.7 Å². The Kier molecular flexibility index (Phi) is 4.42. The summed E-state index contributed by atoms with van der Waals surface area (Å²) in [5.74, 6) is 0.833. The molecule has 0 unspecified atom stereocenters. The third-order valence-corrected chi connectivity index (χ3v) is 4.70. The van der Waals surface area contributed by atoms with Gasteiger partial charge in [-0.3, -0.25) is 4.79 Å². The first-order valence-corrected chi connectivity index (χ1v) is 7.29. The van der Waals surface area contributed by atoms with Gasteiger partial charge in [0, 0.05) is 6.42 Å². The van der Waals surface area contributed by atoms with Crippen molar-refractivity contribution in [2.24, 2.45) is 5.92 Å². The van der Waals surface area contributed by atoms with Crippen molar-refractivity contribution in [3.8, 4) is 0 Å². The lowest BCUT2D eigenvalue weighted by Gasteiger charge is -2.11. The molecule has 3 heteroatoms.